The molecule has 1 heterocycles. The third-order valence-electron chi connectivity index (χ3n) is 2.42. The average Bonchev–Trinajstić information content (AvgIpc) is 2.15. The molecular formula is C9H14F2O2S. The Balaban J connectivity index is 2.38. The smallest absolute Gasteiger partial charge is 0.305 e. The van der Waals surface area contributed by atoms with E-state index in [9.17, 15) is 13.6 Å². The van der Waals surface area contributed by atoms with Crippen molar-refractivity contribution in [1.29, 1.82) is 0 Å². The van der Waals surface area contributed by atoms with Crippen molar-refractivity contribution in [3.8, 4) is 0 Å². The Morgan fingerprint density at radius 1 is 1.64 bits per heavy atom. The van der Waals surface area contributed by atoms with Crippen LogP contribution in [-0.4, -0.2) is 30.5 Å². The van der Waals surface area contributed by atoms with Crippen LogP contribution >= 0.6 is 11.8 Å². The third kappa shape index (κ3) is 3.12. The summed E-state index contributed by atoms with van der Waals surface area (Å²) >= 11 is 1.53. The SMILES string of the molecule is COC(=O)CCC1CSCCC1(F)F. The second kappa shape index (κ2) is 4.96. The first-order chi connectivity index (χ1) is 6.56. The van der Waals surface area contributed by atoms with Gasteiger partial charge in [0.15, 0.2) is 0 Å². The third-order valence-corrected chi connectivity index (χ3v) is 3.55. The van der Waals surface area contributed by atoms with Crippen LogP contribution in [0.15, 0.2) is 0 Å². The molecule has 0 spiro atoms. The zero-order chi connectivity index (χ0) is 10.6. The van der Waals surface area contributed by atoms with Gasteiger partial charge in [0.1, 0.15) is 0 Å². The molecule has 1 fully saturated rings. The second-order valence-electron chi connectivity index (χ2n) is 3.40. The predicted molar refractivity (Wildman–Crippen MR) is 51.6 cm³/mol. The normalized spacial score (nSPS) is 25.8. The monoisotopic (exact) mass is 224 g/mol. The summed E-state index contributed by atoms with van der Waals surface area (Å²) < 4.78 is 30.9. The fraction of sp³-hybridized carbons (Fsp3) is 0.889. The van der Waals surface area contributed by atoms with Crippen molar-refractivity contribution in [2.24, 2.45) is 5.92 Å². The molecular weight excluding hydrogens is 210 g/mol. The Bertz CT molecular complexity index is 209. The van der Waals surface area contributed by atoms with Gasteiger partial charge in [-0.25, -0.2) is 8.78 Å². The number of hydrogen-bond donors (Lipinski definition) is 0. The van der Waals surface area contributed by atoms with Crippen LogP contribution in [0.25, 0.3) is 0 Å². The zero-order valence-corrected chi connectivity index (χ0v) is 8.91. The summed E-state index contributed by atoms with van der Waals surface area (Å²) in [6.07, 6.45) is 0.257. The Kier molecular flexibility index (Phi) is 4.16. The maximum atomic E-state index is 13.3. The van der Waals surface area contributed by atoms with Gasteiger partial charge >= 0.3 is 5.97 Å². The van der Waals surface area contributed by atoms with Gasteiger partial charge in [-0.15, -0.1) is 0 Å². The van der Waals surface area contributed by atoms with Crippen molar-refractivity contribution >= 4 is 17.7 Å². The maximum Gasteiger partial charge on any atom is 0.305 e. The standard InChI is InChI=1S/C9H14F2O2S/c1-13-8(12)3-2-7-6-14-5-4-9(7,10)11/h7H,2-6H2,1H3. The van der Waals surface area contributed by atoms with E-state index < -0.39 is 17.8 Å². The molecule has 1 aliphatic rings. The molecule has 1 atom stereocenters. The summed E-state index contributed by atoms with van der Waals surface area (Å²) in [6, 6.07) is 0. The first-order valence-corrected chi connectivity index (χ1v) is 5.74. The predicted octanol–water partition coefficient (Wildman–Crippen LogP) is 2.33. The summed E-state index contributed by atoms with van der Waals surface area (Å²) in [6.45, 7) is 0. The number of esters is 1. The second-order valence-corrected chi connectivity index (χ2v) is 4.55. The summed E-state index contributed by atoms with van der Waals surface area (Å²) in [7, 11) is 1.27. The van der Waals surface area contributed by atoms with Crippen molar-refractivity contribution in [1.82, 2.24) is 0 Å². The van der Waals surface area contributed by atoms with Gasteiger partial charge in [0, 0.05) is 24.5 Å². The average molecular weight is 224 g/mol. The number of methoxy groups -OCH3 is 1. The van der Waals surface area contributed by atoms with E-state index in [1.807, 2.05) is 0 Å². The molecule has 0 N–H and O–H groups in total. The largest absolute Gasteiger partial charge is 0.469 e. The van der Waals surface area contributed by atoms with Crippen LogP contribution in [0.4, 0.5) is 8.78 Å². The lowest BCUT2D eigenvalue weighted by Gasteiger charge is -2.30. The highest BCUT2D eigenvalue weighted by atomic mass is 32.2. The highest BCUT2D eigenvalue weighted by molar-refractivity contribution is 7.99. The van der Waals surface area contributed by atoms with E-state index in [4.69, 9.17) is 0 Å². The minimum absolute atomic E-state index is 0.0660. The molecule has 0 amide bonds. The molecule has 0 aliphatic carbocycles. The molecule has 1 rings (SSSR count). The van der Waals surface area contributed by atoms with Gasteiger partial charge < -0.3 is 4.74 Å². The topological polar surface area (TPSA) is 26.3 Å². The lowest BCUT2D eigenvalue weighted by Crippen LogP contribution is -2.34. The van der Waals surface area contributed by atoms with Crippen LogP contribution in [0.1, 0.15) is 19.3 Å². The highest BCUT2D eigenvalue weighted by Gasteiger charge is 2.41. The molecule has 0 aromatic rings. The summed E-state index contributed by atoms with van der Waals surface area (Å²) in [5.74, 6) is -2.71. The summed E-state index contributed by atoms with van der Waals surface area (Å²) in [5, 5.41) is 0. The Morgan fingerprint density at radius 2 is 2.36 bits per heavy atom. The van der Waals surface area contributed by atoms with E-state index in [1.54, 1.807) is 0 Å². The van der Waals surface area contributed by atoms with Crippen LogP contribution < -0.4 is 0 Å². The van der Waals surface area contributed by atoms with E-state index in [-0.39, 0.29) is 19.3 Å². The van der Waals surface area contributed by atoms with Crippen LogP contribution in [0, 0.1) is 5.92 Å². The molecule has 0 aromatic carbocycles. The molecule has 0 saturated carbocycles. The quantitative estimate of drug-likeness (QED) is 0.688. The fourth-order valence-corrected chi connectivity index (χ4v) is 2.73. The summed E-state index contributed by atoms with van der Waals surface area (Å²) in [5.41, 5.74) is 0. The molecule has 1 unspecified atom stereocenters. The molecule has 5 heteroatoms. The van der Waals surface area contributed by atoms with Gasteiger partial charge in [-0.1, -0.05) is 0 Å². The number of halogens is 2. The fourth-order valence-electron chi connectivity index (χ4n) is 1.45. The van der Waals surface area contributed by atoms with E-state index in [2.05, 4.69) is 4.74 Å². The van der Waals surface area contributed by atoms with Crippen LogP contribution in [-0.2, 0) is 9.53 Å². The van der Waals surface area contributed by atoms with E-state index in [0.717, 1.165) is 0 Å². The minimum atomic E-state index is -2.60. The van der Waals surface area contributed by atoms with Crippen LogP contribution in [0.5, 0.6) is 0 Å². The van der Waals surface area contributed by atoms with Crippen LogP contribution in [0.3, 0.4) is 0 Å². The number of carbonyl (C=O) groups is 1. The lowest BCUT2D eigenvalue weighted by molar-refractivity contribution is -0.141. The lowest BCUT2D eigenvalue weighted by atomic mass is 9.95. The van der Waals surface area contributed by atoms with E-state index in [0.29, 0.717) is 11.5 Å². The van der Waals surface area contributed by atoms with Crippen LogP contribution in [0.2, 0.25) is 0 Å². The molecule has 14 heavy (non-hydrogen) atoms. The first-order valence-electron chi connectivity index (χ1n) is 4.58. The van der Waals surface area contributed by atoms with Crippen molar-refractivity contribution < 1.29 is 18.3 Å². The van der Waals surface area contributed by atoms with Gasteiger partial charge in [0.05, 0.1) is 7.11 Å². The number of hydrogen-bond acceptors (Lipinski definition) is 3. The van der Waals surface area contributed by atoms with Crippen molar-refractivity contribution in [2.75, 3.05) is 18.6 Å². The maximum absolute atomic E-state index is 13.3. The molecule has 2 nitrogen and oxygen atoms in total. The number of thioether (sulfide) groups is 1. The number of ether oxygens (including phenoxy) is 1. The summed E-state index contributed by atoms with van der Waals surface area (Å²) in [4.78, 5) is 10.8. The molecule has 1 aliphatic heterocycles. The molecule has 0 aromatic heterocycles. The van der Waals surface area contributed by atoms with Crippen molar-refractivity contribution in [3.63, 3.8) is 0 Å². The van der Waals surface area contributed by atoms with Gasteiger partial charge in [-0.3, -0.25) is 4.79 Å². The number of alkyl halides is 2. The van der Waals surface area contributed by atoms with E-state index in [1.165, 1.54) is 18.9 Å². The Labute approximate surface area is 86.4 Å². The Morgan fingerprint density at radius 3 is 2.93 bits per heavy atom. The van der Waals surface area contributed by atoms with Crippen molar-refractivity contribution in [3.05, 3.63) is 0 Å². The molecule has 0 radical (unpaired) electrons. The van der Waals surface area contributed by atoms with Gasteiger partial charge in [0.25, 0.3) is 5.92 Å². The zero-order valence-electron chi connectivity index (χ0n) is 8.09. The number of rotatable bonds is 3. The molecule has 82 valence electrons. The van der Waals surface area contributed by atoms with Gasteiger partial charge in [0.2, 0.25) is 0 Å². The Hall–Kier alpha value is -0.320. The highest BCUT2D eigenvalue weighted by Crippen LogP contribution is 2.39. The molecule has 1 saturated heterocycles. The number of carbonyl (C=O) groups excluding carboxylic acids is 1. The van der Waals surface area contributed by atoms with Gasteiger partial charge in [-0.2, -0.15) is 11.8 Å². The molecule has 0 bridgehead atoms. The van der Waals surface area contributed by atoms with Crippen molar-refractivity contribution in [2.45, 2.75) is 25.2 Å². The first kappa shape index (κ1) is 11.8. The van der Waals surface area contributed by atoms with Gasteiger partial charge in [-0.05, 0) is 12.2 Å². The van der Waals surface area contributed by atoms with E-state index >= 15 is 0 Å². The minimum Gasteiger partial charge on any atom is -0.469 e.